The molecule has 7 nitrogen and oxygen atoms in total. The van der Waals surface area contributed by atoms with Crippen molar-refractivity contribution in [1.29, 1.82) is 0 Å². The van der Waals surface area contributed by atoms with Crippen LogP contribution in [0.2, 0.25) is 0 Å². The highest BCUT2D eigenvalue weighted by atomic mass is 19.1. The maximum Gasteiger partial charge on any atom is 0.159 e. The zero-order chi connectivity index (χ0) is 25.5. The molecule has 198 valence electrons. The van der Waals surface area contributed by atoms with Gasteiger partial charge in [-0.1, -0.05) is 38.1 Å². The Bertz CT molecular complexity index is 931. The van der Waals surface area contributed by atoms with Crippen molar-refractivity contribution in [2.75, 3.05) is 39.3 Å². The molecule has 2 aromatic rings. The SMILES string of the molecule is CCC(F)(CC)CN1CCC(COc2cnc(-c3ccc(C(O)N4CCC[C@@H](O)C4)cc3)nc2)CC1. The standard InChI is InChI=1S/C28H41FN4O3/c1-3-28(29,4-2)20-32-14-11-21(12-15-32)19-36-25-16-30-26(31-17-25)22-7-9-23(10-8-22)27(35)33-13-5-6-24(34)18-33/h7-10,16-17,21,24,27,34-35H,3-6,11-15,18-20H2,1-2H3/t24-,27?/m1/s1. The second-order valence-electron chi connectivity index (χ2n) is 10.4. The summed E-state index contributed by atoms with van der Waals surface area (Å²) in [7, 11) is 0. The molecule has 2 aliphatic heterocycles. The van der Waals surface area contributed by atoms with Gasteiger partial charge in [0.25, 0.3) is 0 Å². The molecule has 36 heavy (non-hydrogen) atoms. The van der Waals surface area contributed by atoms with Gasteiger partial charge in [0.05, 0.1) is 25.1 Å². The first kappa shape index (κ1) is 26.9. The van der Waals surface area contributed by atoms with Gasteiger partial charge in [-0.3, -0.25) is 4.90 Å². The molecule has 0 aliphatic carbocycles. The first-order valence-electron chi connectivity index (χ1n) is 13.5. The number of halogens is 1. The Kier molecular flexibility index (Phi) is 9.28. The number of alkyl halides is 1. The van der Waals surface area contributed by atoms with Crippen molar-refractivity contribution in [3.8, 4) is 17.1 Å². The number of rotatable bonds is 10. The van der Waals surface area contributed by atoms with Gasteiger partial charge < -0.3 is 19.8 Å². The van der Waals surface area contributed by atoms with Crippen LogP contribution in [0.15, 0.2) is 36.7 Å². The van der Waals surface area contributed by atoms with Crippen LogP contribution in [0.5, 0.6) is 5.75 Å². The highest BCUT2D eigenvalue weighted by Crippen LogP contribution is 2.27. The van der Waals surface area contributed by atoms with Gasteiger partial charge in [-0.15, -0.1) is 0 Å². The van der Waals surface area contributed by atoms with E-state index in [2.05, 4.69) is 14.9 Å². The summed E-state index contributed by atoms with van der Waals surface area (Å²) in [5.41, 5.74) is 0.589. The monoisotopic (exact) mass is 500 g/mol. The Morgan fingerprint density at radius 3 is 2.33 bits per heavy atom. The molecule has 4 rings (SSSR count). The fourth-order valence-electron chi connectivity index (χ4n) is 5.16. The normalized spacial score (nSPS) is 21.4. The minimum absolute atomic E-state index is 0.377. The minimum atomic E-state index is -1.07. The first-order chi connectivity index (χ1) is 17.4. The van der Waals surface area contributed by atoms with Gasteiger partial charge in [-0.25, -0.2) is 14.4 Å². The second kappa shape index (κ2) is 12.4. The lowest BCUT2D eigenvalue weighted by molar-refractivity contribution is -0.0455. The number of aliphatic hydroxyl groups is 2. The summed E-state index contributed by atoms with van der Waals surface area (Å²) in [6, 6.07) is 7.59. The zero-order valence-corrected chi connectivity index (χ0v) is 21.7. The van der Waals surface area contributed by atoms with Crippen LogP contribution < -0.4 is 4.74 Å². The largest absolute Gasteiger partial charge is 0.490 e. The highest BCUT2D eigenvalue weighted by Gasteiger charge is 2.30. The summed E-state index contributed by atoms with van der Waals surface area (Å²) in [6.07, 6.45) is 7.13. The highest BCUT2D eigenvalue weighted by molar-refractivity contribution is 5.55. The predicted molar refractivity (Wildman–Crippen MR) is 138 cm³/mol. The molecule has 2 saturated heterocycles. The molecule has 0 saturated carbocycles. The van der Waals surface area contributed by atoms with Gasteiger partial charge in [0.1, 0.15) is 11.9 Å². The molecular weight excluding hydrogens is 459 g/mol. The summed E-state index contributed by atoms with van der Waals surface area (Å²) >= 11 is 0. The molecule has 2 fully saturated rings. The molecule has 2 aliphatic rings. The molecule has 1 unspecified atom stereocenters. The van der Waals surface area contributed by atoms with E-state index < -0.39 is 11.9 Å². The van der Waals surface area contributed by atoms with Gasteiger partial charge in [0.2, 0.25) is 0 Å². The Balaban J connectivity index is 1.24. The third kappa shape index (κ3) is 7.00. The number of hydrogen-bond acceptors (Lipinski definition) is 7. The summed E-state index contributed by atoms with van der Waals surface area (Å²) in [5.74, 6) is 1.71. The molecule has 0 amide bonds. The second-order valence-corrected chi connectivity index (χ2v) is 10.4. The molecule has 1 aromatic heterocycles. The van der Waals surface area contributed by atoms with Crippen LogP contribution in [0.3, 0.4) is 0 Å². The van der Waals surface area contributed by atoms with Crippen LogP contribution in [0.25, 0.3) is 11.4 Å². The predicted octanol–water partition coefficient (Wildman–Crippen LogP) is 4.21. The smallest absolute Gasteiger partial charge is 0.159 e. The van der Waals surface area contributed by atoms with E-state index in [0.717, 1.165) is 56.4 Å². The first-order valence-corrected chi connectivity index (χ1v) is 13.5. The van der Waals surface area contributed by atoms with Crippen molar-refractivity contribution in [2.24, 2.45) is 5.92 Å². The number of aliphatic hydroxyl groups excluding tert-OH is 2. The van der Waals surface area contributed by atoms with E-state index in [1.54, 1.807) is 12.4 Å². The maximum absolute atomic E-state index is 14.7. The molecule has 0 spiro atoms. The Labute approximate surface area is 214 Å². The molecule has 1 aromatic carbocycles. The Morgan fingerprint density at radius 1 is 1.06 bits per heavy atom. The summed E-state index contributed by atoms with van der Waals surface area (Å²) < 4.78 is 20.7. The van der Waals surface area contributed by atoms with Crippen molar-refractivity contribution in [2.45, 2.75) is 70.4 Å². The van der Waals surface area contributed by atoms with Gasteiger partial charge in [-0.05, 0) is 63.1 Å². The topological polar surface area (TPSA) is 82.0 Å². The summed E-state index contributed by atoms with van der Waals surface area (Å²) in [6.45, 7) is 8.11. The number of nitrogens with zero attached hydrogens (tertiary/aromatic N) is 4. The van der Waals surface area contributed by atoms with Crippen LogP contribution in [0, 0.1) is 5.92 Å². The van der Waals surface area contributed by atoms with E-state index in [0.29, 0.717) is 50.0 Å². The zero-order valence-electron chi connectivity index (χ0n) is 21.7. The third-order valence-electron chi connectivity index (χ3n) is 7.84. The average molecular weight is 501 g/mol. The van der Waals surface area contributed by atoms with E-state index in [4.69, 9.17) is 4.74 Å². The van der Waals surface area contributed by atoms with E-state index >= 15 is 0 Å². The quantitative estimate of drug-likeness (QED) is 0.506. The van der Waals surface area contributed by atoms with Crippen molar-refractivity contribution in [3.05, 3.63) is 42.2 Å². The molecule has 8 heteroatoms. The third-order valence-corrected chi connectivity index (χ3v) is 7.84. The lowest BCUT2D eigenvalue weighted by Crippen LogP contribution is -2.44. The Hall–Kier alpha value is -2.13. The number of piperidine rings is 2. The fourth-order valence-corrected chi connectivity index (χ4v) is 5.16. The molecule has 2 atom stereocenters. The Morgan fingerprint density at radius 2 is 1.72 bits per heavy atom. The number of likely N-dealkylation sites (tertiary alicyclic amines) is 2. The molecule has 0 radical (unpaired) electrons. The average Bonchev–Trinajstić information content (AvgIpc) is 2.92. The lowest BCUT2D eigenvalue weighted by Gasteiger charge is -2.36. The summed E-state index contributed by atoms with van der Waals surface area (Å²) in [4.78, 5) is 13.1. The van der Waals surface area contributed by atoms with Crippen molar-refractivity contribution < 1.29 is 19.3 Å². The van der Waals surface area contributed by atoms with Gasteiger partial charge in [0, 0.05) is 25.2 Å². The molecule has 3 heterocycles. The van der Waals surface area contributed by atoms with Gasteiger partial charge in [-0.2, -0.15) is 0 Å². The van der Waals surface area contributed by atoms with Crippen LogP contribution >= 0.6 is 0 Å². The molecule has 2 N–H and O–H groups in total. The van der Waals surface area contributed by atoms with E-state index in [9.17, 15) is 14.6 Å². The van der Waals surface area contributed by atoms with Crippen molar-refractivity contribution >= 4 is 0 Å². The van der Waals surface area contributed by atoms with Gasteiger partial charge in [0.15, 0.2) is 11.6 Å². The van der Waals surface area contributed by atoms with Crippen LogP contribution in [-0.2, 0) is 0 Å². The number of aromatic nitrogens is 2. The van der Waals surface area contributed by atoms with Crippen LogP contribution in [-0.4, -0.2) is 81.1 Å². The summed E-state index contributed by atoms with van der Waals surface area (Å²) in [5, 5.41) is 20.5. The number of hydrogen-bond donors (Lipinski definition) is 2. The van der Waals surface area contributed by atoms with Crippen molar-refractivity contribution in [3.63, 3.8) is 0 Å². The maximum atomic E-state index is 14.7. The number of ether oxygens (including phenoxy) is 1. The van der Waals surface area contributed by atoms with Crippen LogP contribution in [0.4, 0.5) is 4.39 Å². The van der Waals surface area contributed by atoms with E-state index in [1.807, 2.05) is 43.0 Å². The molecular formula is C28H41FN4O3. The lowest BCUT2D eigenvalue weighted by atomic mass is 9.94. The number of β-amino-alcohol motifs (C(OH)–C–C–N with tert-alkyl or cyclic N) is 1. The van der Waals surface area contributed by atoms with E-state index in [1.165, 1.54) is 0 Å². The van der Waals surface area contributed by atoms with Gasteiger partial charge >= 0.3 is 0 Å². The van der Waals surface area contributed by atoms with E-state index in [-0.39, 0.29) is 6.10 Å². The number of benzene rings is 1. The minimum Gasteiger partial charge on any atom is -0.490 e. The van der Waals surface area contributed by atoms with Crippen LogP contribution in [0.1, 0.15) is 64.2 Å². The molecule has 0 bridgehead atoms. The van der Waals surface area contributed by atoms with Crippen molar-refractivity contribution in [1.82, 2.24) is 19.8 Å². The fraction of sp³-hybridized carbons (Fsp3) is 0.643.